The molecule has 7 heteroatoms. The highest BCUT2D eigenvalue weighted by Crippen LogP contribution is 2.12. The van der Waals surface area contributed by atoms with Crippen LogP contribution in [0.5, 0.6) is 0 Å². The third-order valence-corrected chi connectivity index (χ3v) is 3.14. The topological polar surface area (TPSA) is 69.9 Å². The van der Waals surface area contributed by atoms with Crippen LogP contribution in [0, 0.1) is 0 Å². The summed E-state index contributed by atoms with van der Waals surface area (Å²) < 4.78 is 2.86. The van der Waals surface area contributed by atoms with Crippen LogP contribution in [-0.2, 0) is 6.54 Å². The number of amides is 2. The van der Waals surface area contributed by atoms with E-state index < -0.39 is 0 Å². The molecule has 0 aliphatic carbocycles. The van der Waals surface area contributed by atoms with E-state index in [0.29, 0.717) is 13.1 Å². The first-order valence-electron chi connectivity index (χ1n) is 5.83. The van der Waals surface area contributed by atoms with Crippen LogP contribution < -0.4 is 5.32 Å². The molecule has 2 aromatic rings. The number of nitrogens with zero attached hydrogens (tertiary/aromatic N) is 3. The first kappa shape index (κ1) is 13.8. The van der Waals surface area contributed by atoms with E-state index in [1.165, 1.54) is 4.90 Å². The number of urea groups is 1. The summed E-state index contributed by atoms with van der Waals surface area (Å²) in [5, 5.41) is 11.5. The van der Waals surface area contributed by atoms with E-state index in [1.54, 1.807) is 7.05 Å². The maximum atomic E-state index is 11.6. The summed E-state index contributed by atoms with van der Waals surface area (Å²) in [5.74, 6) is 0. The van der Waals surface area contributed by atoms with Crippen molar-refractivity contribution < 1.29 is 9.90 Å². The molecule has 0 unspecified atom stereocenters. The van der Waals surface area contributed by atoms with Gasteiger partial charge in [-0.2, -0.15) is 0 Å². The van der Waals surface area contributed by atoms with Crippen LogP contribution in [0.2, 0.25) is 0 Å². The molecule has 0 atom stereocenters. The molecule has 2 rings (SSSR count). The SMILES string of the molecule is CN(CCO)C(=O)NCc1cn2cc(Br)ccc2n1. The molecule has 19 heavy (non-hydrogen) atoms. The van der Waals surface area contributed by atoms with Gasteiger partial charge in [-0.05, 0) is 28.1 Å². The maximum absolute atomic E-state index is 11.6. The van der Waals surface area contributed by atoms with E-state index in [9.17, 15) is 4.79 Å². The molecule has 0 radical (unpaired) electrons. The average molecular weight is 327 g/mol. The highest BCUT2D eigenvalue weighted by Gasteiger charge is 2.08. The Morgan fingerprint density at radius 3 is 3.05 bits per heavy atom. The number of carbonyl (C=O) groups is 1. The van der Waals surface area contributed by atoms with Gasteiger partial charge in [0, 0.05) is 30.5 Å². The molecule has 0 aliphatic rings. The summed E-state index contributed by atoms with van der Waals surface area (Å²) in [6.07, 6.45) is 3.78. The molecular weight excluding hydrogens is 312 g/mol. The van der Waals surface area contributed by atoms with Gasteiger partial charge in [0.05, 0.1) is 18.8 Å². The van der Waals surface area contributed by atoms with Gasteiger partial charge in [-0.3, -0.25) is 0 Å². The van der Waals surface area contributed by atoms with Crippen LogP contribution >= 0.6 is 15.9 Å². The lowest BCUT2D eigenvalue weighted by molar-refractivity contribution is 0.190. The Hall–Kier alpha value is -1.60. The fraction of sp³-hybridized carbons (Fsp3) is 0.333. The lowest BCUT2D eigenvalue weighted by Crippen LogP contribution is -2.38. The van der Waals surface area contributed by atoms with Crippen LogP contribution in [0.1, 0.15) is 5.69 Å². The Balaban J connectivity index is 2.00. The molecule has 102 valence electrons. The zero-order valence-corrected chi connectivity index (χ0v) is 12.1. The summed E-state index contributed by atoms with van der Waals surface area (Å²) >= 11 is 3.39. The Kier molecular flexibility index (Phi) is 4.39. The maximum Gasteiger partial charge on any atom is 0.317 e. The number of aromatic nitrogens is 2. The van der Waals surface area contributed by atoms with Gasteiger partial charge in [-0.15, -0.1) is 0 Å². The number of likely N-dealkylation sites (N-methyl/N-ethyl adjacent to an activating group) is 1. The van der Waals surface area contributed by atoms with E-state index in [4.69, 9.17) is 5.11 Å². The van der Waals surface area contributed by atoms with Crippen molar-refractivity contribution in [3.8, 4) is 0 Å². The Morgan fingerprint density at radius 2 is 2.32 bits per heavy atom. The number of aliphatic hydroxyl groups is 1. The van der Waals surface area contributed by atoms with Crippen molar-refractivity contribution in [2.45, 2.75) is 6.54 Å². The van der Waals surface area contributed by atoms with Gasteiger partial charge in [0.15, 0.2) is 0 Å². The Bertz CT molecular complexity index is 584. The quantitative estimate of drug-likeness (QED) is 0.887. The number of imidazole rings is 1. The van der Waals surface area contributed by atoms with Crippen LogP contribution in [-0.4, -0.2) is 45.6 Å². The van der Waals surface area contributed by atoms with E-state index in [2.05, 4.69) is 26.2 Å². The standard InChI is InChI=1S/C12H15BrN4O2/c1-16(4-5-18)12(19)14-6-10-8-17-7-9(13)2-3-11(17)15-10/h2-3,7-8,18H,4-6H2,1H3,(H,14,19). The summed E-state index contributed by atoms with van der Waals surface area (Å²) in [7, 11) is 1.63. The Labute approximate surface area is 119 Å². The van der Waals surface area contributed by atoms with Crippen LogP contribution in [0.25, 0.3) is 5.65 Å². The van der Waals surface area contributed by atoms with Gasteiger partial charge in [0.1, 0.15) is 5.65 Å². The highest BCUT2D eigenvalue weighted by atomic mass is 79.9. The van der Waals surface area contributed by atoms with Crippen molar-refractivity contribution in [2.24, 2.45) is 0 Å². The predicted octanol–water partition coefficient (Wildman–Crippen LogP) is 1.23. The van der Waals surface area contributed by atoms with E-state index >= 15 is 0 Å². The molecule has 2 N–H and O–H groups in total. The lowest BCUT2D eigenvalue weighted by Gasteiger charge is -2.15. The molecule has 2 aromatic heterocycles. The highest BCUT2D eigenvalue weighted by molar-refractivity contribution is 9.10. The molecule has 0 aromatic carbocycles. The molecule has 2 amide bonds. The molecule has 0 spiro atoms. The van der Waals surface area contributed by atoms with Gasteiger partial charge in [0.2, 0.25) is 0 Å². The molecule has 0 saturated heterocycles. The molecule has 0 fully saturated rings. The second-order valence-electron chi connectivity index (χ2n) is 4.15. The van der Waals surface area contributed by atoms with Crippen molar-refractivity contribution in [1.29, 1.82) is 0 Å². The minimum atomic E-state index is -0.229. The summed E-state index contributed by atoms with van der Waals surface area (Å²) in [5.41, 5.74) is 1.61. The number of pyridine rings is 1. The molecule has 0 saturated carbocycles. The molecule has 0 bridgehead atoms. The second kappa shape index (κ2) is 6.03. The van der Waals surface area contributed by atoms with Crippen molar-refractivity contribution in [3.63, 3.8) is 0 Å². The van der Waals surface area contributed by atoms with E-state index in [1.807, 2.05) is 28.9 Å². The third kappa shape index (κ3) is 3.45. The lowest BCUT2D eigenvalue weighted by atomic mass is 10.5. The second-order valence-corrected chi connectivity index (χ2v) is 5.06. The van der Waals surface area contributed by atoms with Crippen molar-refractivity contribution in [1.82, 2.24) is 19.6 Å². The van der Waals surface area contributed by atoms with Gasteiger partial charge in [0.25, 0.3) is 0 Å². The molecule has 6 nitrogen and oxygen atoms in total. The zero-order valence-electron chi connectivity index (χ0n) is 10.5. The third-order valence-electron chi connectivity index (χ3n) is 2.67. The van der Waals surface area contributed by atoms with Gasteiger partial charge >= 0.3 is 6.03 Å². The van der Waals surface area contributed by atoms with Gasteiger partial charge in [-0.1, -0.05) is 0 Å². The number of fused-ring (bicyclic) bond motifs is 1. The van der Waals surface area contributed by atoms with Crippen LogP contribution in [0.15, 0.2) is 29.0 Å². The zero-order chi connectivity index (χ0) is 13.8. The summed E-state index contributed by atoms with van der Waals surface area (Å²) in [6.45, 7) is 0.615. The number of hydrogen-bond donors (Lipinski definition) is 2. The van der Waals surface area contributed by atoms with Crippen LogP contribution in [0.3, 0.4) is 0 Å². The van der Waals surface area contributed by atoms with Crippen molar-refractivity contribution in [3.05, 3.63) is 34.7 Å². The number of rotatable bonds is 4. The number of carbonyl (C=O) groups excluding carboxylic acids is 1. The van der Waals surface area contributed by atoms with E-state index in [-0.39, 0.29) is 12.6 Å². The minimum Gasteiger partial charge on any atom is -0.395 e. The fourth-order valence-corrected chi connectivity index (χ4v) is 2.01. The average Bonchev–Trinajstić information content (AvgIpc) is 2.78. The Morgan fingerprint density at radius 1 is 1.53 bits per heavy atom. The van der Waals surface area contributed by atoms with Crippen molar-refractivity contribution >= 4 is 27.6 Å². The first-order chi connectivity index (χ1) is 9.10. The van der Waals surface area contributed by atoms with Crippen molar-refractivity contribution in [2.75, 3.05) is 20.2 Å². The minimum absolute atomic E-state index is 0.0493. The monoisotopic (exact) mass is 326 g/mol. The summed E-state index contributed by atoms with van der Waals surface area (Å²) in [6, 6.07) is 3.58. The number of aliphatic hydroxyl groups excluding tert-OH is 1. The summed E-state index contributed by atoms with van der Waals surface area (Å²) in [4.78, 5) is 17.5. The van der Waals surface area contributed by atoms with Gasteiger partial charge in [-0.25, -0.2) is 9.78 Å². The number of nitrogens with one attached hydrogen (secondary N) is 1. The predicted molar refractivity (Wildman–Crippen MR) is 74.8 cm³/mol. The smallest absolute Gasteiger partial charge is 0.317 e. The van der Waals surface area contributed by atoms with Crippen LogP contribution in [0.4, 0.5) is 4.79 Å². The van der Waals surface area contributed by atoms with Gasteiger partial charge < -0.3 is 19.7 Å². The largest absolute Gasteiger partial charge is 0.395 e. The van der Waals surface area contributed by atoms with E-state index in [0.717, 1.165) is 15.8 Å². The molecular formula is C12H15BrN4O2. The normalized spacial score (nSPS) is 10.7. The first-order valence-corrected chi connectivity index (χ1v) is 6.62. The molecule has 2 heterocycles. The number of hydrogen-bond acceptors (Lipinski definition) is 3. The fourth-order valence-electron chi connectivity index (χ4n) is 1.66. The molecule has 0 aliphatic heterocycles. The number of halogens is 1.